The number of methoxy groups -OCH3 is 1. The molecule has 0 aliphatic heterocycles. The Morgan fingerprint density at radius 1 is 1.18 bits per heavy atom. The predicted molar refractivity (Wildman–Crippen MR) is 106 cm³/mol. The Kier molecular flexibility index (Phi) is 7.37. The summed E-state index contributed by atoms with van der Waals surface area (Å²) in [6.45, 7) is 5.68. The van der Waals surface area contributed by atoms with Gasteiger partial charge in [0.05, 0.1) is 37.1 Å². The number of Topliss-reactive ketones (excluding diaryl/α,β-unsaturated/α-hetero) is 1. The van der Waals surface area contributed by atoms with Gasteiger partial charge in [-0.1, -0.05) is 25.5 Å². The van der Waals surface area contributed by atoms with Crippen molar-refractivity contribution >= 4 is 23.3 Å². The molecule has 2 N–H and O–H groups in total. The van der Waals surface area contributed by atoms with Gasteiger partial charge in [-0.05, 0) is 31.0 Å². The van der Waals surface area contributed by atoms with E-state index in [1.807, 2.05) is 6.07 Å². The number of hydrogen-bond donors (Lipinski definition) is 2. The molecule has 2 aromatic rings. The fourth-order valence-electron chi connectivity index (χ4n) is 2.90. The predicted octanol–water partition coefficient (Wildman–Crippen LogP) is 3.67. The third-order valence-corrected chi connectivity index (χ3v) is 4.32. The van der Waals surface area contributed by atoms with Crippen molar-refractivity contribution in [2.45, 2.75) is 40.0 Å². The summed E-state index contributed by atoms with van der Waals surface area (Å²) in [5.74, 6) is -0.561. The standard InChI is InChI=1S/C21H26N2O5/c1-5-6-11-28-17-10-8-7-9-15(17)22-18(25)12-16-19(21(26)27-4)13(2)20(23-16)14(3)24/h7-10,23H,5-6,11-12H2,1-4H3,(H,22,25). The summed E-state index contributed by atoms with van der Waals surface area (Å²) in [6.07, 6.45) is 1.82. The lowest BCUT2D eigenvalue weighted by Gasteiger charge is -2.12. The van der Waals surface area contributed by atoms with Crippen LogP contribution in [0.25, 0.3) is 0 Å². The van der Waals surface area contributed by atoms with Crippen molar-refractivity contribution < 1.29 is 23.9 Å². The van der Waals surface area contributed by atoms with Gasteiger partial charge in [0, 0.05) is 12.6 Å². The number of aromatic amines is 1. The van der Waals surface area contributed by atoms with Crippen LogP contribution in [0.3, 0.4) is 0 Å². The van der Waals surface area contributed by atoms with Crippen LogP contribution in [0.5, 0.6) is 5.75 Å². The normalized spacial score (nSPS) is 10.4. The van der Waals surface area contributed by atoms with Crippen LogP contribution in [-0.2, 0) is 16.0 Å². The number of ketones is 1. The fourth-order valence-corrected chi connectivity index (χ4v) is 2.90. The molecular weight excluding hydrogens is 360 g/mol. The number of amides is 1. The van der Waals surface area contributed by atoms with Crippen molar-refractivity contribution in [2.75, 3.05) is 19.0 Å². The Morgan fingerprint density at radius 3 is 2.54 bits per heavy atom. The number of para-hydroxylation sites is 2. The summed E-state index contributed by atoms with van der Waals surface area (Å²) in [7, 11) is 1.26. The number of aromatic nitrogens is 1. The van der Waals surface area contributed by atoms with Gasteiger partial charge in [0.2, 0.25) is 5.91 Å². The summed E-state index contributed by atoms with van der Waals surface area (Å²) in [6, 6.07) is 7.17. The fraction of sp³-hybridized carbons (Fsp3) is 0.381. The zero-order chi connectivity index (χ0) is 20.7. The number of hydrogen-bond acceptors (Lipinski definition) is 5. The largest absolute Gasteiger partial charge is 0.491 e. The van der Waals surface area contributed by atoms with E-state index in [4.69, 9.17) is 9.47 Å². The molecule has 0 saturated carbocycles. The lowest BCUT2D eigenvalue weighted by molar-refractivity contribution is -0.115. The smallest absolute Gasteiger partial charge is 0.339 e. The van der Waals surface area contributed by atoms with Crippen molar-refractivity contribution in [1.82, 2.24) is 4.98 Å². The first-order valence-corrected chi connectivity index (χ1v) is 9.21. The summed E-state index contributed by atoms with van der Waals surface area (Å²) in [5, 5.41) is 2.81. The van der Waals surface area contributed by atoms with E-state index < -0.39 is 5.97 Å². The van der Waals surface area contributed by atoms with E-state index in [2.05, 4.69) is 17.2 Å². The van der Waals surface area contributed by atoms with Gasteiger partial charge in [0.1, 0.15) is 5.75 Å². The van der Waals surface area contributed by atoms with Crippen molar-refractivity contribution in [1.29, 1.82) is 0 Å². The highest BCUT2D eigenvalue weighted by molar-refractivity contribution is 6.02. The topological polar surface area (TPSA) is 97.5 Å². The van der Waals surface area contributed by atoms with Gasteiger partial charge in [0.25, 0.3) is 0 Å². The Morgan fingerprint density at radius 2 is 1.89 bits per heavy atom. The van der Waals surface area contributed by atoms with E-state index in [0.717, 1.165) is 12.8 Å². The quantitative estimate of drug-likeness (QED) is 0.389. The molecule has 1 heterocycles. The average molecular weight is 386 g/mol. The molecule has 0 aliphatic carbocycles. The van der Waals surface area contributed by atoms with Crippen LogP contribution in [0.2, 0.25) is 0 Å². The molecule has 0 aliphatic rings. The van der Waals surface area contributed by atoms with Gasteiger partial charge in [-0.25, -0.2) is 4.79 Å². The van der Waals surface area contributed by atoms with Gasteiger partial charge in [-0.15, -0.1) is 0 Å². The van der Waals surface area contributed by atoms with Crippen molar-refractivity contribution in [2.24, 2.45) is 0 Å². The Bertz CT molecular complexity index is 870. The minimum atomic E-state index is -0.590. The first kappa shape index (κ1) is 21.2. The van der Waals surface area contributed by atoms with Crippen molar-refractivity contribution in [3.05, 3.63) is 46.8 Å². The highest BCUT2D eigenvalue weighted by Crippen LogP contribution is 2.25. The molecule has 150 valence electrons. The minimum absolute atomic E-state index is 0.109. The molecular formula is C21H26N2O5. The number of unbranched alkanes of at least 4 members (excludes halogenated alkanes) is 1. The molecule has 0 atom stereocenters. The molecule has 7 heteroatoms. The zero-order valence-corrected chi connectivity index (χ0v) is 16.7. The van der Waals surface area contributed by atoms with Gasteiger partial charge >= 0.3 is 5.97 Å². The molecule has 0 bridgehead atoms. The number of nitrogens with one attached hydrogen (secondary N) is 2. The zero-order valence-electron chi connectivity index (χ0n) is 16.7. The van der Waals surface area contributed by atoms with Crippen LogP contribution in [0.4, 0.5) is 5.69 Å². The number of anilines is 1. The molecule has 1 amide bonds. The number of esters is 1. The molecule has 0 radical (unpaired) electrons. The Labute approximate surface area is 164 Å². The summed E-state index contributed by atoms with van der Waals surface area (Å²) in [4.78, 5) is 39.4. The van der Waals surface area contributed by atoms with Crippen LogP contribution in [0, 0.1) is 6.92 Å². The minimum Gasteiger partial charge on any atom is -0.491 e. The lowest BCUT2D eigenvalue weighted by Crippen LogP contribution is -2.17. The second-order valence-corrected chi connectivity index (χ2v) is 6.45. The van der Waals surface area contributed by atoms with Crippen LogP contribution >= 0.6 is 0 Å². The number of rotatable bonds is 9. The number of carbonyl (C=O) groups is 3. The van der Waals surface area contributed by atoms with E-state index in [-0.39, 0.29) is 23.7 Å². The molecule has 28 heavy (non-hydrogen) atoms. The third-order valence-electron chi connectivity index (χ3n) is 4.32. The van der Waals surface area contributed by atoms with Crippen LogP contribution in [-0.4, -0.2) is 36.4 Å². The number of H-pyrrole nitrogens is 1. The van der Waals surface area contributed by atoms with Gasteiger partial charge in [-0.2, -0.15) is 0 Å². The van der Waals surface area contributed by atoms with Gasteiger partial charge in [-0.3, -0.25) is 9.59 Å². The second-order valence-electron chi connectivity index (χ2n) is 6.45. The highest BCUT2D eigenvalue weighted by atomic mass is 16.5. The third kappa shape index (κ3) is 5.00. The van der Waals surface area contributed by atoms with Crippen LogP contribution < -0.4 is 10.1 Å². The van der Waals surface area contributed by atoms with Crippen LogP contribution in [0.1, 0.15) is 58.8 Å². The molecule has 1 aromatic carbocycles. The Balaban J connectivity index is 2.21. The van der Waals surface area contributed by atoms with Crippen LogP contribution in [0.15, 0.2) is 24.3 Å². The highest BCUT2D eigenvalue weighted by Gasteiger charge is 2.24. The maximum Gasteiger partial charge on any atom is 0.339 e. The van der Waals surface area contributed by atoms with E-state index in [9.17, 15) is 14.4 Å². The SMILES string of the molecule is CCCCOc1ccccc1NC(=O)Cc1[nH]c(C(C)=O)c(C)c1C(=O)OC. The molecule has 0 unspecified atom stereocenters. The lowest BCUT2D eigenvalue weighted by atomic mass is 10.1. The monoisotopic (exact) mass is 386 g/mol. The second kappa shape index (κ2) is 9.73. The summed E-state index contributed by atoms with van der Waals surface area (Å²) >= 11 is 0. The van der Waals surface area contributed by atoms with Gasteiger partial charge < -0.3 is 19.8 Å². The first-order chi connectivity index (χ1) is 13.4. The summed E-state index contributed by atoms with van der Waals surface area (Å²) < 4.78 is 10.5. The molecule has 1 aromatic heterocycles. The van der Waals surface area contributed by atoms with Crippen molar-refractivity contribution in [3.8, 4) is 5.75 Å². The Hall–Kier alpha value is -3.09. The molecule has 0 saturated heterocycles. The van der Waals surface area contributed by atoms with E-state index in [0.29, 0.717) is 35.0 Å². The average Bonchev–Trinajstić information content (AvgIpc) is 2.98. The first-order valence-electron chi connectivity index (χ1n) is 9.21. The number of carbonyl (C=O) groups excluding carboxylic acids is 3. The summed E-state index contributed by atoms with van der Waals surface area (Å²) in [5.41, 5.74) is 1.89. The molecule has 0 fully saturated rings. The van der Waals surface area contributed by atoms with Gasteiger partial charge in [0.15, 0.2) is 5.78 Å². The van der Waals surface area contributed by atoms with Crippen molar-refractivity contribution in [3.63, 3.8) is 0 Å². The number of benzene rings is 1. The molecule has 7 nitrogen and oxygen atoms in total. The number of ether oxygens (including phenoxy) is 2. The maximum atomic E-state index is 12.6. The van der Waals surface area contributed by atoms with E-state index in [1.54, 1.807) is 25.1 Å². The van der Waals surface area contributed by atoms with E-state index >= 15 is 0 Å². The maximum absolute atomic E-state index is 12.6. The van der Waals surface area contributed by atoms with E-state index in [1.165, 1.54) is 14.0 Å². The molecule has 0 spiro atoms. The molecule has 2 rings (SSSR count).